The highest BCUT2D eigenvalue weighted by Gasteiger charge is 2.17. The molecular formula is C26H32O2. The molecule has 0 amide bonds. The van der Waals surface area contributed by atoms with Gasteiger partial charge in [0.15, 0.2) is 0 Å². The molecule has 0 spiro atoms. The molecule has 0 aliphatic rings. The highest BCUT2D eigenvalue weighted by molar-refractivity contribution is 5.45. The van der Waals surface area contributed by atoms with E-state index in [1.54, 1.807) is 12.1 Å². The topological polar surface area (TPSA) is 40.5 Å². The van der Waals surface area contributed by atoms with Crippen molar-refractivity contribution in [2.45, 2.75) is 40.0 Å². The quantitative estimate of drug-likeness (QED) is 0.479. The minimum atomic E-state index is 0.0239. The molecule has 0 aromatic heterocycles. The van der Waals surface area contributed by atoms with Gasteiger partial charge < -0.3 is 10.2 Å². The number of phenolic OH excluding ortho intramolecular Hbond substituents is 2. The van der Waals surface area contributed by atoms with Crippen molar-refractivity contribution in [1.29, 1.82) is 0 Å². The van der Waals surface area contributed by atoms with E-state index in [1.165, 1.54) is 11.1 Å². The maximum Gasteiger partial charge on any atom is 0.119 e. The van der Waals surface area contributed by atoms with Crippen molar-refractivity contribution < 1.29 is 10.2 Å². The lowest BCUT2D eigenvalue weighted by molar-refractivity contribution is 0.446. The maximum atomic E-state index is 9.57. The third kappa shape index (κ3) is 8.13. The molecular weight excluding hydrogens is 344 g/mol. The molecule has 0 heterocycles. The zero-order valence-electron chi connectivity index (χ0n) is 17.6. The van der Waals surface area contributed by atoms with Gasteiger partial charge in [-0.05, 0) is 48.1 Å². The van der Waals surface area contributed by atoms with Crippen LogP contribution in [0.1, 0.15) is 43.0 Å². The van der Waals surface area contributed by atoms with Gasteiger partial charge in [0.05, 0.1) is 0 Å². The first-order chi connectivity index (χ1) is 13.1. The molecule has 0 radical (unpaired) electrons. The lowest BCUT2D eigenvalue weighted by Gasteiger charge is -2.20. The first-order valence-corrected chi connectivity index (χ1v) is 9.37. The highest BCUT2D eigenvalue weighted by atomic mass is 16.3. The van der Waals surface area contributed by atoms with Crippen LogP contribution in [0, 0.1) is 13.8 Å². The Balaban J connectivity index is 0.000000217. The van der Waals surface area contributed by atoms with Crippen LogP contribution in [0.15, 0.2) is 79.4 Å². The fraction of sp³-hybridized carbons (Fsp3) is 0.231. The first kappa shape index (κ1) is 23.0. The Morgan fingerprint density at radius 1 is 0.750 bits per heavy atom. The van der Waals surface area contributed by atoms with E-state index in [0.29, 0.717) is 11.5 Å². The molecule has 0 unspecified atom stereocenters. The number of benzene rings is 3. The van der Waals surface area contributed by atoms with Gasteiger partial charge in [-0.1, -0.05) is 99.7 Å². The first-order valence-electron chi connectivity index (χ1n) is 9.37. The van der Waals surface area contributed by atoms with Crippen LogP contribution in [0.3, 0.4) is 0 Å². The van der Waals surface area contributed by atoms with Crippen molar-refractivity contribution >= 4 is 6.08 Å². The van der Waals surface area contributed by atoms with Crippen molar-refractivity contribution in [3.8, 4) is 11.5 Å². The lowest BCUT2D eigenvalue weighted by atomic mass is 9.85. The van der Waals surface area contributed by atoms with E-state index in [0.717, 1.165) is 11.1 Å². The predicted molar refractivity (Wildman–Crippen MR) is 121 cm³/mol. The fourth-order valence-corrected chi connectivity index (χ4v) is 2.40. The second-order valence-corrected chi connectivity index (χ2v) is 7.67. The number of aryl methyl sites for hydroxylation is 2. The molecule has 0 bridgehead atoms. The summed E-state index contributed by atoms with van der Waals surface area (Å²) in [7, 11) is 0. The van der Waals surface area contributed by atoms with E-state index < -0.39 is 0 Å². The Hall–Kier alpha value is -3.00. The molecule has 28 heavy (non-hydrogen) atoms. The van der Waals surface area contributed by atoms with Gasteiger partial charge in [-0.25, -0.2) is 0 Å². The van der Waals surface area contributed by atoms with Crippen LogP contribution < -0.4 is 0 Å². The second-order valence-electron chi connectivity index (χ2n) is 7.67. The monoisotopic (exact) mass is 376 g/mol. The largest absolute Gasteiger partial charge is 0.508 e. The molecule has 148 valence electrons. The van der Waals surface area contributed by atoms with E-state index in [1.807, 2.05) is 80.6 Å². The Kier molecular flexibility index (Phi) is 9.04. The summed E-state index contributed by atoms with van der Waals surface area (Å²) < 4.78 is 0. The number of hydrogen-bond donors (Lipinski definition) is 2. The molecule has 3 rings (SSSR count). The van der Waals surface area contributed by atoms with Crippen LogP contribution in [0.4, 0.5) is 0 Å². The van der Waals surface area contributed by atoms with Crippen LogP contribution in [-0.4, -0.2) is 10.2 Å². The molecule has 3 aromatic rings. The molecule has 0 aliphatic heterocycles. The van der Waals surface area contributed by atoms with Gasteiger partial charge in [0.2, 0.25) is 0 Å². The number of aromatic hydroxyl groups is 2. The molecule has 2 heteroatoms. The smallest absolute Gasteiger partial charge is 0.119 e. The van der Waals surface area contributed by atoms with Crippen molar-refractivity contribution in [2.75, 3.05) is 0 Å². The predicted octanol–water partition coefficient (Wildman–Crippen LogP) is 7.03. The van der Waals surface area contributed by atoms with Crippen molar-refractivity contribution in [3.05, 3.63) is 102 Å². The molecule has 0 fully saturated rings. The summed E-state index contributed by atoms with van der Waals surface area (Å²) in [4.78, 5) is 0. The van der Waals surface area contributed by atoms with Crippen LogP contribution in [0.2, 0.25) is 0 Å². The number of rotatable bonds is 1. The summed E-state index contributed by atoms with van der Waals surface area (Å²) in [6.45, 7) is 13.8. The summed E-state index contributed by atoms with van der Waals surface area (Å²) in [6, 6.07) is 23.0. The zero-order valence-corrected chi connectivity index (χ0v) is 17.6. The Morgan fingerprint density at radius 3 is 1.71 bits per heavy atom. The molecule has 0 saturated heterocycles. The van der Waals surface area contributed by atoms with Crippen LogP contribution >= 0.6 is 0 Å². The number of hydrogen-bond acceptors (Lipinski definition) is 2. The molecule has 3 aromatic carbocycles. The average Bonchev–Trinajstić information content (AvgIpc) is 2.67. The Morgan fingerprint density at radius 2 is 1.32 bits per heavy atom. The number of phenols is 2. The van der Waals surface area contributed by atoms with Gasteiger partial charge in [0.25, 0.3) is 0 Å². The molecule has 0 aliphatic carbocycles. The Bertz CT molecular complexity index is 838. The second kappa shape index (κ2) is 11.0. The van der Waals surface area contributed by atoms with E-state index in [-0.39, 0.29) is 5.41 Å². The van der Waals surface area contributed by atoms with Gasteiger partial charge in [0, 0.05) is 0 Å². The maximum absolute atomic E-state index is 9.57. The van der Waals surface area contributed by atoms with E-state index >= 15 is 0 Å². The molecule has 0 atom stereocenters. The van der Waals surface area contributed by atoms with E-state index in [4.69, 9.17) is 5.11 Å². The van der Waals surface area contributed by atoms with Gasteiger partial charge in [-0.2, -0.15) is 0 Å². The van der Waals surface area contributed by atoms with Crippen LogP contribution in [0.25, 0.3) is 6.08 Å². The standard InChI is InChI=1S/C11H16O.C8H8.C7H8O/c1-8-5-6-10(12)9(7-8)11(2,3)4;1-2-8-6-4-3-5-7-8;1-6-4-2-3-5-7(6)8/h5-7,12H,1-4H3;2-7H,1H2;2-5,8H,1H3. The third-order valence-electron chi connectivity index (χ3n) is 4.11. The van der Waals surface area contributed by atoms with Gasteiger partial charge >= 0.3 is 0 Å². The third-order valence-corrected chi connectivity index (χ3v) is 4.11. The summed E-state index contributed by atoms with van der Waals surface area (Å²) in [5, 5.41) is 18.5. The highest BCUT2D eigenvalue weighted by Crippen LogP contribution is 2.30. The fourth-order valence-electron chi connectivity index (χ4n) is 2.40. The summed E-state index contributed by atoms with van der Waals surface area (Å²) in [5.74, 6) is 0.764. The van der Waals surface area contributed by atoms with Crippen molar-refractivity contribution in [2.24, 2.45) is 0 Å². The lowest BCUT2D eigenvalue weighted by Crippen LogP contribution is -2.11. The van der Waals surface area contributed by atoms with Crippen molar-refractivity contribution in [3.63, 3.8) is 0 Å². The van der Waals surface area contributed by atoms with E-state index in [2.05, 4.69) is 27.4 Å². The summed E-state index contributed by atoms with van der Waals surface area (Å²) in [6.07, 6.45) is 1.83. The van der Waals surface area contributed by atoms with Gasteiger partial charge in [-0.15, -0.1) is 0 Å². The van der Waals surface area contributed by atoms with Crippen molar-refractivity contribution in [1.82, 2.24) is 0 Å². The molecule has 0 saturated carbocycles. The number of para-hydroxylation sites is 1. The summed E-state index contributed by atoms with van der Waals surface area (Å²) in [5.41, 5.74) is 4.33. The zero-order chi connectivity index (χ0) is 21.2. The minimum absolute atomic E-state index is 0.0239. The molecule has 2 N–H and O–H groups in total. The van der Waals surface area contributed by atoms with Crippen LogP contribution in [-0.2, 0) is 5.41 Å². The van der Waals surface area contributed by atoms with Crippen LogP contribution in [0.5, 0.6) is 11.5 Å². The summed E-state index contributed by atoms with van der Waals surface area (Å²) >= 11 is 0. The average molecular weight is 377 g/mol. The minimum Gasteiger partial charge on any atom is -0.508 e. The SMILES string of the molecule is C=Cc1ccccc1.Cc1ccc(O)c(C(C)(C)C)c1.Cc1ccccc1O. The normalized spacial score (nSPS) is 10.0. The van der Waals surface area contributed by atoms with Gasteiger partial charge in [0.1, 0.15) is 11.5 Å². The van der Waals surface area contributed by atoms with E-state index in [9.17, 15) is 5.11 Å². The molecule has 2 nitrogen and oxygen atoms in total. The Labute approximate surface area is 169 Å². The van der Waals surface area contributed by atoms with Gasteiger partial charge in [-0.3, -0.25) is 0 Å².